The maximum absolute atomic E-state index is 8.84. The summed E-state index contributed by atoms with van der Waals surface area (Å²) < 4.78 is 0. The molecule has 0 unspecified atom stereocenters. The van der Waals surface area contributed by atoms with Gasteiger partial charge in [0, 0.05) is 30.1 Å². The van der Waals surface area contributed by atoms with E-state index in [-0.39, 0.29) is 6.61 Å². The van der Waals surface area contributed by atoms with Gasteiger partial charge in [0.25, 0.3) is 0 Å². The summed E-state index contributed by atoms with van der Waals surface area (Å²) >= 11 is 1.74. The summed E-state index contributed by atoms with van der Waals surface area (Å²) in [4.78, 5) is 7.65. The van der Waals surface area contributed by atoms with Crippen LogP contribution in [0.1, 0.15) is 33.7 Å². The number of benzene rings is 1. The summed E-state index contributed by atoms with van der Waals surface area (Å²) in [6.07, 6.45) is 5.00. The van der Waals surface area contributed by atoms with Crippen LogP contribution < -0.4 is 0 Å². The molecule has 3 nitrogen and oxygen atoms in total. The zero-order chi connectivity index (χ0) is 18.6. The van der Waals surface area contributed by atoms with Crippen molar-refractivity contribution in [2.24, 2.45) is 0 Å². The smallest absolute Gasteiger partial charge is 0.104 e. The summed E-state index contributed by atoms with van der Waals surface area (Å²) in [6.45, 7) is 3.32. The largest absolute Gasteiger partial charge is 0.384 e. The summed E-state index contributed by atoms with van der Waals surface area (Å²) in [7, 11) is 2.26. The van der Waals surface area contributed by atoms with Gasteiger partial charge in [0.1, 0.15) is 6.61 Å². The van der Waals surface area contributed by atoms with E-state index < -0.39 is 0 Å². The predicted molar refractivity (Wildman–Crippen MR) is 112 cm³/mol. The number of thiophene rings is 1. The molecule has 1 aromatic heterocycles. The number of likely N-dealkylation sites (N-methyl/N-ethyl adjacent to an activating group) is 1. The van der Waals surface area contributed by atoms with Crippen LogP contribution in [-0.2, 0) is 19.4 Å². The van der Waals surface area contributed by atoms with Gasteiger partial charge in [-0.15, -0.1) is 11.3 Å². The van der Waals surface area contributed by atoms with Crippen LogP contribution in [0.15, 0.2) is 36.4 Å². The fraction of sp³-hybridized carbons (Fsp3) is 0.478. The molecule has 4 rings (SSSR count). The molecule has 1 aromatic carbocycles. The van der Waals surface area contributed by atoms with E-state index in [4.69, 9.17) is 5.11 Å². The minimum atomic E-state index is -0.0733. The Hall–Kier alpha value is -1.64. The number of piperidine rings is 1. The van der Waals surface area contributed by atoms with Crippen molar-refractivity contribution in [1.29, 1.82) is 0 Å². The van der Waals surface area contributed by atoms with Gasteiger partial charge in [0.2, 0.25) is 0 Å². The van der Waals surface area contributed by atoms with Crippen molar-refractivity contribution in [2.45, 2.75) is 44.3 Å². The van der Waals surface area contributed by atoms with E-state index in [1.54, 1.807) is 22.5 Å². The first-order valence-corrected chi connectivity index (χ1v) is 10.7. The molecule has 0 spiro atoms. The maximum Gasteiger partial charge on any atom is 0.104 e. The lowest BCUT2D eigenvalue weighted by Gasteiger charge is -2.40. The molecule has 27 heavy (non-hydrogen) atoms. The second-order valence-electron chi connectivity index (χ2n) is 7.76. The van der Waals surface area contributed by atoms with E-state index in [0.29, 0.717) is 12.1 Å². The normalized spacial score (nSPS) is 20.5. The minimum absolute atomic E-state index is 0.0733. The average molecular weight is 381 g/mol. The molecular weight excluding hydrogens is 352 g/mol. The zero-order valence-corrected chi connectivity index (χ0v) is 16.8. The molecule has 0 bridgehead atoms. The molecular formula is C23H28N2OS. The molecule has 1 fully saturated rings. The van der Waals surface area contributed by atoms with Gasteiger partial charge in [0.15, 0.2) is 0 Å². The number of aliphatic hydroxyl groups is 1. The van der Waals surface area contributed by atoms with Gasteiger partial charge in [-0.05, 0) is 62.5 Å². The van der Waals surface area contributed by atoms with Crippen LogP contribution in [0.25, 0.3) is 0 Å². The van der Waals surface area contributed by atoms with Gasteiger partial charge in [-0.25, -0.2) is 0 Å². The van der Waals surface area contributed by atoms with E-state index >= 15 is 0 Å². The number of hydrogen-bond donors (Lipinski definition) is 1. The van der Waals surface area contributed by atoms with Crippen LogP contribution in [-0.4, -0.2) is 53.7 Å². The van der Waals surface area contributed by atoms with Crippen LogP contribution in [0, 0.1) is 11.8 Å². The Bertz CT molecular complexity index is 809. The number of nitrogens with zero attached hydrogens (tertiary/aromatic N) is 2. The zero-order valence-electron chi connectivity index (χ0n) is 16.0. The molecule has 142 valence electrons. The number of fused-ring (bicyclic) bond motifs is 1. The van der Waals surface area contributed by atoms with Crippen LogP contribution in [0.2, 0.25) is 0 Å². The number of rotatable bonds is 4. The molecule has 2 aromatic rings. The first kappa shape index (κ1) is 18.7. The first-order valence-electron chi connectivity index (χ1n) is 9.92. The van der Waals surface area contributed by atoms with Gasteiger partial charge >= 0.3 is 0 Å². The second kappa shape index (κ2) is 8.58. The minimum Gasteiger partial charge on any atom is -0.384 e. The van der Waals surface area contributed by atoms with Crippen molar-refractivity contribution in [3.8, 4) is 11.8 Å². The Labute approximate surface area is 166 Å². The molecule has 2 heterocycles. The summed E-state index contributed by atoms with van der Waals surface area (Å²) in [5.41, 5.74) is 3.10. The standard InChI is InChI=1S/C23H28N2OS/c1-24(17-23-11-10-22(27-23)9-5-13-26)20-8-4-12-25(16-20)21-14-18-6-2-3-7-19(18)15-21/h2-3,6-7,10-11,20-21,26H,4,8,12-17H2,1H3/t20-/m0/s1. The summed E-state index contributed by atoms with van der Waals surface area (Å²) in [5, 5.41) is 8.84. The van der Waals surface area contributed by atoms with Gasteiger partial charge in [-0.2, -0.15) is 0 Å². The van der Waals surface area contributed by atoms with E-state index in [9.17, 15) is 0 Å². The molecule has 4 heteroatoms. The highest BCUT2D eigenvalue weighted by atomic mass is 32.1. The van der Waals surface area contributed by atoms with Crippen LogP contribution in [0.3, 0.4) is 0 Å². The van der Waals surface area contributed by atoms with Gasteiger partial charge in [-0.1, -0.05) is 36.1 Å². The molecule has 1 N–H and O–H groups in total. The summed E-state index contributed by atoms with van der Waals surface area (Å²) in [6, 6.07) is 14.5. The van der Waals surface area contributed by atoms with Crippen molar-refractivity contribution in [1.82, 2.24) is 9.80 Å². The third kappa shape index (κ3) is 4.44. The Balaban J connectivity index is 1.35. The Morgan fingerprint density at radius 1 is 1.19 bits per heavy atom. The molecule has 1 saturated heterocycles. The van der Waals surface area contributed by atoms with Crippen molar-refractivity contribution >= 4 is 11.3 Å². The van der Waals surface area contributed by atoms with Gasteiger partial charge in [-0.3, -0.25) is 9.80 Å². The van der Waals surface area contributed by atoms with Crippen molar-refractivity contribution < 1.29 is 5.11 Å². The van der Waals surface area contributed by atoms with Crippen molar-refractivity contribution in [3.05, 3.63) is 57.3 Å². The molecule has 0 radical (unpaired) electrons. The SMILES string of the molecule is CN(Cc1ccc(C#CCO)s1)[C@H]1CCCN(C2Cc3ccccc3C2)C1. The summed E-state index contributed by atoms with van der Waals surface area (Å²) in [5.74, 6) is 5.75. The third-order valence-electron chi connectivity index (χ3n) is 5.95. The quantitative estimate of drug-likeness (QED) is 0.826. The Morgan fingerprint density at radius 2 is 1.96 bits per heavy atom. The number of likely N-dealkylation sites (tertiary alicyclic amines) is 1. The lowest BCUT2D eigenvalue weighted by Crippen LogP contribution is -2.50. The number of aliphatic hydroxyl groups excluding tert-OH is 1. The van der Waals surface area contributed by atoms with Crippen LogP contribution in [0.5, 0.6) is 0 Å². The Kier molecular flexibility index (Phi) is 5.95. The fourth-order valence-electron chi connectivity index (χ4n) is 4.50. The average Bonchev–Trinajstić information content (AvgIpc) is 3.33. The van der Waals surface area contributed by atoms with Crippen LogP contribution in [0.4, 0.5) is 0 Å². The molecule has 1 aliphatic heterocycles. The monoisotopic (exact) mass is 380 g/mol. The molecule has 0 saturated carbocycles. The first-order chi connectivity index (χ1) is 13.2. The van der Waals surface area contributed by atoms with Gasteiger partial charge in [0.05, 0.1) is 4.88 Å². The molecule has 2 aliphatic rings. The van der Waals surface area contributed by atoms with Crippen molar-refractivity contribution in [2.75, 3.05) is 26.7 Å². The highest BCUT2D eigenvalue weighted by Crippen LogP contribution is 2.29. The van der Waals surface area contributed by atoms with Crippen LogP contribution >= 0.6 is 11.3 Å². The van der Waals surface area contributed by atoms with Crippen molar-refractivity contribution in [3.63, 3.8) is 0 Å². The lowest BCUT2D eigenvalue weighted by atomic mass is 10.0. The number of hydrogen-bond acceptors (Lipinski definition) is 4. The maximum atomic E-state index is 8.84. The molecule has 0 amide bonds. The third-order valence-corrected chi connectivity index (χ3v) is 6.94. The predicted octanol–water partition coefficient (Wildman–Crippen LogP) is 3.16. The molecule has 1 atom stereocenters. The fourth-order valence-corrected chi connectivity index (χ4v) is 5.45. The highest BCUT2D eigenvalue weighted by Gasteiger charge is 2.31. The van der Waals surface area contributed by atoms with E-state index in [2.05, 4.69) is 65.1 Å². The van der Waals surface area contributed by atoms with E-state index in [0.717, 1.165) is 11.4 Å². The lowest BCUT2D eigenvalue weighted by molar-refractivity contribution is 0.0840. The molecule has 1 aliphatic carbocycles. The van der Waals surface area contributed by atoms with E-state index in [1.165, 1.54) is 43.6 Å². The second-order valence-corrected chi connectivity index (χ2v) is 8.93. The topological polar surface area (TPSA) is 26.7 Å². The van der Waals surface area contributed by atoms with Gasteiger partial charge < -0.3 is 5.11 Å². The Morgan fingerprint density at radius 3 is 2.70 bits per heavy atom. The van der Waals surface area contributed by atoms with E-state index in [1.807, 2.05) is 0 Å². The highest BCUT2D eigenvalue weighted by molar-refractivity contribution is 7.12.